The molecule has 0 atom stereocenters. The molecule has 0 bridgehead atoms. The normalized spacial score (nSPS) is 7.88. The molecule has 0 unspecified atom stereocenters. The van der Waals surface area contributed by atoms with Gasteiger partial charge >= 0.3 is 0 Å². The van der Waals surface area contributed by atoms with Gasteiger partial charge < -0.3 is 36.7 Å². The van der Waals surface area contributed by atoms with E-state index in [2.05, 4.69) is 16.0 Å². The Hall–Kier alpha value is -0.280. The van der Waals surface area contributed by atoms with Gasteiger partial charge in [0.05, 0.1) is 19.8 Å². The van der Waals surface area contributed by atoms with Crippen molar-refractivity contribution in [3.63, 3.8) is 0 Å². The van der Waals surface area contributed by atoms with Crippen LogP contribution in [0.4, 0.5) is 0 Å². The first-order chi connectivity index (χ1) is 7.24. The lowest BCUT2D eigenvalue weighted by Gasteiger charge is -1.84. The van der Waals surface area contributed by atoms with Crippen LogP contribution < -0.4 is 16.0 Å². The lowest BCUT2D eigenvalue weighted by atomic mass is 10.7. The molecule has 7 nitrogen and oxygen atoms in total. The van der Waals surface area contributed by atoms with E-state index < -0.39 is 0 Å². The lowest BCUT2D eigenvalue weighted by molar-refractivity contribution is 0.296. The second kappa shape index (κ2) is 36.4. The van der Waals surface area contributed by atoms with Crippen LogP contribution in [0.15, 0.2) is 0 Å². The van der Waals surface area contributed by atoms with Gasteiger partial charge in [0, 0.05) is 19.6 Å². The average Bonchev–Trinajstić information content (AvgIpc) is 2.23. The molecule has 104 valence electrons. The molecule has 0 aromatic carbocycles. The van der Waals surface area contributed by atoms with Gasteiger partial charge in [0.1, 0.15) is 0 Å². The molecule has 0 saturated carbocycles. The van der Waals surface area contributed by atoms with Gasteiger partial charge in [0.2, 0.25) is 0 Å². The van der Waals surface area contributed by atoms with Crippen molar-refractivity contribution in [2.24, 2.45) is 0 Å². The predicted octanol–water partition coefficient (Wildman–Crippen LogP) is -3.23. The van der Waals surface area contributed by atoms with E-state index in [1.165, 1.54) is 0 Å². The van der Waals surface area contributed by atoms with Crippen LogP contribution >= 0.6 is 0 Å². The average molecular weight is 243 g/mol. The van der Waals surface area contributed by atoms with E-state index >= 15 is 0 Å². The van der Waals surface area contributed by atoms with Crippen LogP contribution in [0.3, 0.4) is 0 Å². The van der Waals surface area contributed by atoms with Crippen molar-refractivity contribution in [1.29, 1.82) is 0 Å². The summed E-state index contributed by atoms with van der Waals surface area (Å²) < 4.78 is 0. The summed E-state index contributed by atoms with van der Waals surface area (Å²) in [7, 11) is 5.41. The van der Waals surface area contributed by atoms with Crippen LogP contribution in [-0.2, 0) is 0 Å². The molecule has 0 aliphatic rings. The maximum atomic E-state index is 8.00. The summed E-state index contributed by atoms with van der Waals surface area (Å²) in [4.78, 5) is 0. The Morgan fingerprint density at radius 1 is 0.625 bits per heavy atom. The molecule has 0 fully saturated rings. The zero-order valence-corrected chi connectivity index (χ0v) is 10.6. The molecule has 0 aliphatic carbocycles. The number of hydrogen-bond acceptors (Lipinski definition) is 6. The number of likely N-dealkylation sites (N-methyl/N-ethyl adjacent to an activating group) is 3. The lowest BCUT2D eigenvalue weighted by Crippen LogP contribution is -2.10. The first kappa shape index (κ1) is 24.8. The van der Waals surface area contributed by atoms with Crippen LogP contribution in [0.2, 0.25) is 0 Å². The zero-order chi connectivity index (χ0) is 12.4. The highest BCUT2D eigenvalue weighted by Gasteiger charge is 1.66. The summed E-state index contributed by atoms with van der Waals surface area (Å²) in [6.45, 7) is 2.78. The highest BCUT2D eigenvalue weighted by Crippen LogP contribution is 1.43. The minimum absolute atomic E-state index is 0. The molecule has 0 aliphatic heterocycles. The van der Waals surface area contributed by atoms with Gasteiger partial charge in [0.15, 0.2) is 0 Å². The minimum atomic E-state index is 0. The molecule has 0 heterocycles. The summed E-state index contributed by atoms with van der Waals surface area (Å²) >= 11 is 0. The maximum Gasteiger partial charge on any atom is 0.0555 e. The number of aliphatic hydroxyl groups excluding tert-OH is 3. The van der Waals surface area contributed by atoms with E-state index in [1.54, 1.807) is 21.1 Å². The smallest absolute Gasteiger partial charge is 0.0555 e. The van der Waals surface area contributed by atoms with Crippen LogP contribution in [0.1, 0.15) is 0 Å². The first-order valence-electron chi connectivity index (χ1n) is 5.01. The number of nitrogens with one attached hydrogen (secondary N) is 3. The Morgan fingerprint density at radius 3 is 0.812 bits per heavy atom. The third kappa shape index (κ3) is 67.8. The molecular formula is C9H29N3O4. The van der Waals surface area contributed by atoms with Crippen molar-refractivity contribution in [2.75, 3.05) is 60.6 Å². The topological polar surface area (TPSA) is 128 Å². The molecule has 0 spiro atoms. The highest BCUT2D eigenvalue weighted by molar-refractivity contribution is 4.28. The fraction of sp³-hybridized carbons (Fsp3) is 1.00. The van der Waals surface area contributed by atoms with Crippen molar-refractivity contribution < 1.29 is 20.8 Å². The molecular weight excluding hydrogens is 214 g/mol. The number of aliphatic hydroxyl groups is 3. The maximum absolute atomic E-state index is 8.00. The SMILES string of the molecule is CNCCO.CNCCO.CNCCO.O. The van der Waals surface area contributed by atoms with Gasteiger partial charge in [-0.1, -0.05) is 0 Å². The summed E-state index contributed by atoms with van der Waals surface area (Å²) in [5.74, 6) is 0. The molecule has 16 heavy (non-hydrogen) atoms. The second-order valence-corrected chi connectivity index (χ2v) is 2.48. The summed E-state index contributed by atoms with van der Waals surface area (Å²) in [6.07, 6.45) is 0. The van der Waals surface area contributed by atoms with Gasteiger partial charge in [0.25, 0.3) is 0 Å². The number of hydrogen-bond donors (Lipinski definition) is 6. The summed E-state index contributed by atoms with van der Waals surface area (Å²) in [5, 5.41) is 32.3. The molecule has 0 amide bonds. The number of rotatable bonds is 6. The Morgan fingerprint density at radius 2 is 0.812 bits per heavy atom. The highest BCUT2D eigenvalue weighted by atomic mass is 16.3. The third-order valence-corrected chi connectivity index (χ3v) is 1.09. The Kier molecular flexibility index (Phi) is 56.5. The molecule has 0 rings (SSSR count). The van der Waals surface area contributed by atoms with Gasteiger partial charge in [-0.15, -0.1) is 0 Å². The Labute approximate surface area is 98.2 Å². The van der Waals surface area contributed by atoms with E-state index in [0.29, 0.717) is 19.6 Å². The van der Waals surface area contributed by atoms with Crippen molar-refractivity contribution in [2.45, 2.75) is 0 Å². The molecule has 8 N–H and O–H groups in total. The van der Waals surface area contributed by atoms with Crippen molar-refractivity contribution in [1.82, 2.24) is 16.0 Å². The standard InChI is InChI=1S/3C3H9NO.H2O/c3*1-4-2-3-5;/h3*4-5H,2-3H2,1H3;1H2. The summed E-state index contributed by atoms with van der Waals surface area (Å²) in [6, 6.07) is 0. The third-order valence-electron chi connectivity index (χ3n) is 1.09. The van der Waals surface area contributed by atoms with Crippen molar-refractivity contribution in [3.8, 4) is 0 Å². The molecule has 7 heteroatoms. The molecule has 0 aromatic heterocycles. The van der Waals surface area contributed by atoms with E-state index in [9.17, 15) is 0 Å². The van der Waals surface area contributed by atoms with Crippen molar-refractivity contribution >= 4 is 0 Å². The molecule has 0 aromatic rings. The first-order valence-corrected chi connectivity index (χ1v) is 5.01. The van der Waals surface area contributed by atoms with Crippen LogP contribution in [0, 0.1) is 0 Å². The van der Waals surface area contributed by atoms with E-state index in [-0.39, 0.29) is 25.3 Å². The largest absolute Gasteiger partial charge is 0.412 e. The van der Waals surface area contributed by atoms with Gasteiger partial charge in [-0.2, -0.15) is 0 Å². The van der Waals surface area contributed by atoms with E-state index in [1.807, 2.05) is 0 Å². The van der Waals surface area contributed by atoms with Gasteiger partial charge in [-0.05, 0) is 21.1 Å². The van der Waals surface area contributed by atoms with Gasteiger partial charge in [-0.25, -0.2) is 0 Å². The van der Waals surface area contributed by atoms with Crippen LogP contribution in [-0.4, -0.2) is 81.4 Å². The fourth-order valence-electron chi connectivity index (χ4n) is 0.335. The quantitative estimate of drug-likeness (QED) is 0.291. The predicted molar refractivity (Wildman–Crippen MR) is 66.7 cm³/mol. The Bertz CT molecular complexity index is 59.5. The van der Waals surface area contributed by atoms with E-state index in [4.69, 9.17) is 15.3 Å². The van der Waals surface area contributed by atoms with Gasteiger partial charge in [-0.3, -0.25) is 0 Å². The fourth-order valence-corrected chi connectivity index (χ4v) is 0.335. The van der Waals surface area contributed by atoms with Crippen LogP contribution in [0.25, 0.3) is 0 Å². The Balaban J connectivity index is -0.0000000655. The molecule has 0 saturated heterocycles. The second-order valence-electron chi connectivity index (χ2n) is 2.48. The molecule has 0 radical (unpaired) electrons. The monoisotopic (exact) mass is 243 g/mol. The van der Waals surface area contributed by atoms with Crippen LogP contribution in [0.5, 0.6) is 0 Å². The van der Waals surface area contributed by atoms with Crippen molar-refractivity contribution in [3.05, 3.63) is 0 Å². The van der Waals surface area contributed by atoms with E-state index in [0.717, 1.165) is 0 Å². The zero-order valence-electron chi connectivity index (χ0n) is 10.6. The minimum Gasteiger partial charge on any atom is -0.412 e. The summed E-state index contributed by atoms with van der Waals surface area (Å²) in [5.41, 5.74) is 0.